The second-order valence-electron chi connectivity index (χ2n) is 7.53. The van der Waals surface area contributed by atoms with Crippen LogP contribution in [0.15, 0.2) is 65.6 Å². The quantitative estimate of drug-likeness (QED) is 0.572. The number of aromatic nitrogens is 4. The number of nitrogens with one attached hydrogen (secondary N) is 1. The summed E-state index contributed by atoms with van der Waals surface area (Å²) in [6.07, 6.45) is 5.97. The Kier molecular flexibility index (Phi) is 4.63. The van der Waals surface area contributed by atoms with Crippen LogP contribution in [0.2, 0.25) is 0 Å². The molecule has 1 amide bonds. The first-order valence-corrected chi connectivity index (χ1v) is 10.1. The molecule has 1 N–H and O–H groups in total. The number of anilines is 1. The fourth-order valence-electron chi connectivity index (χ4n) is 3.90. The van der Waals surface area contributed by atoms with Gasteiger partial charge in [0.05, 0.1) is 6.54 Å². The van der Waals surface area contributed by atoms with Gasteiger partial charge in [0.2, 0.25) is 0 Å². The molecule has 3 heterocycles. The van der Waals surface area contributed by atoms with Crippen LogP contribution in [0, 0.1) is 0 Å². The van der Waals surface area contributed by atoms with Crippen molar-refractivity contribution < 1.29 is 4.79 Å². The van der Waals surface area contributed by atoms with Gasteiger partial charge in [0.25, 0.3) is 5.91 Å². The highest BCUT2D eigenvalue weighted by molar-refractivity contribution is 6.02. The first-order chi connectivity index (χ1) is 14.7. The number of carbonyl (C=O) groups excluding carboxylic acids is 1. The molecule has 0 bridgehead atoms. The lowest BCUT2D eigenvalue weighted by Crippen LogP contribution is -2.21. The van der Waals surface area contributed by atoms with Crippen LogP contribution in [-0.2, 0) is 19.4 Å². The van der Waals surface area contributed by atoms with E-state index in [4.69, 9.17) is 0 Å². The maximum Gasteiger partial charge on any atom is 0.350 e. The van der Waals surface area contributed by atoms with Crippen LogP contribution in [0.5, 0.6) is 0 Å². The third-order valence-corrected chi connectivity index (χ3v) is 5.42. The first kappa shape index (κ1) is 18.3. The molecule has 7 nitrogen and oxygen atoms in total. The Morgan fingerprint density at radius 2 is 1.93 bits per heavy atom. The maximum atomic E-state index is 12.7. The zero-order valence-corrected chi connectivity index (χ0v) is 16.4. The summed E-state index contributed by atoms with van der Waals surface area (Å²) in [5.41, 5.74) is 4.65. The molecule has 1 aromatic carbocycles. The number of fused-ring (bicyclic) bond motifs is 2. The lowest BCUT2D eigenvalue weighted by atomic mass is 9.96. The zero-order chi connectivity index (χ0) is 20.5. The highest BCUT2D eigenvalue weighted by Crippen LogP contribution is 2.20. The predicted molar refractivity (Wildman–Crippen MR) is 114 cm³/mol. The summed E-state index contributed by atoms with van der Waals surface area (Å²) in [5.74, 6) is -0.231. The largest absolute Gasteiger partial charge is 0.350 e. The van der Waals surface area contributed by atoms with Crippen molar-refractivity contribution >= 4 is 17.2 Å². The van der Waals surface area contributed by atoms with Crippen molar-refractivity contribution in [1.29, 1.82) is 0 Å². The molecule has 0 atom stereocenters. The number of amides is 1. The number of hydrogen-bond donors (Lipinski definition) is 1. The second-order valence-corrected chi connectivity index (χ2v) is 7.53. The summed E-state index contributed by atoms with van der Waals surface area (Å²) in [4.78, 5) is 29.7. The molecule has 150 valence electrons. The summed E-state index contributed by atoms with van der Waals surface area (Å²) in [5, 5.41) is 7.27. The van der Waals surface area contributed by atoms with Gasteiger partial charge in [-0.15, -0.1) is 5.10 Å². The summed E-state index contributed by atoms with van der Waals surface area (Å²) in [7, 11) is 0. The van der Waals surface area contributed by atoms with E-state index >= 15 is 0 Å². The molecule has 1 aliphatic carbocycles. The number of pyridine rings is 2. The molecule has 0 radical (unpaired) electrons. The number of benzene rings is 1. The Balaban J connectivity index is 1.35. The van der Waals surface area contributed by atoms with E-state index < -0.39 is 0 Å². The summed E-state index contributed by atoms with van der Waals surface area (Å²) < 4.78 is 2.93. The van der Waals surface area contributed by atoms with Crippen LogP contribution in [0.4, 0.5) is 5.69 Å². The molecular weight excluding hydrogens is 378 g/mol. The molecule has 4 aromatic rings. The van der Waals surface area contributed by atoms with E-state index in [1.165, 1.54) is 21.1 Å². The molecule has 30 heavy (non-hydrogen) atoms. The van der Waals surface area contributed by atoms with Crippen molar-refractivity contribution in [2.24, 2.45) is 0 Å². The van der Waals surface area contributed by atoms with Crippen molar-refractivity contribution in [2.45, 2.75) is 32.2 Å². The van der Waals surface area contributed by atoms with E-state index in [0.29, 0.717) is 23.6 Å². The minimum absolute atomic E-state index is 0.196. The van der Waals surface area contributed by atoms with Gasteiger partial charge in [0.1, 0.15) is 5.69 Å². The van der Waals surface area contributed by atoms with Gasteiger partial charge < -0.3 is 5.32 Å². The zero-order valence-electron chi connectivity index (χ0n) is 16.4. The first-order valence-electron chi connectivity index (χ1n) is 10.1. The minimum Gasteiger partial charge on any atom is -0.321 e. The molecule has 0 saturated heterocycles. The smallest absolute Gasteiger partial charge is 0.321 e. The molecule has 0 spiro atoms. The van der Waals surface area contributed by atoms with Gasteiger partial charge in [-0.2, -0.15) is 0 Å². The van der Waals surface area contributed by atoms with E-state index in [-0.39, 0.29) is 11.6 Å². The molecule has 5 rings (SSSR count). The van der Waals surface area contributed by atoms with Gasteiger partial charge in [0.15, 0.2) is 5.65 Å². The van der Waals surface area contributed by atoms with Crippen LogP contribution in [-0.4, -0.2) is 25.1 Å². The summed E-state index contributed by atoms with van der Waals surface area (Å²) >= 11 is 0. The lowest BCUT2D eigenvalue weighted by molar-refractivity contribution is 0.102. The molecule has 1 aliphatic rings. The van der Waals surface area contributed by atoms with Crippen LogP contribution >= 0.6 is 0 Å². The fourth-order valence-corrected chi connectivity index (χ4v) is 3.90. The third-order valence-electron chi connectivity index (χ3n) is 5.42. The lowest BCUT2D eigenvalue weighted by Gasteiger charge is -2.15. The number of rotatable bonds is 4. The van der Waals surface area contributed by atoms with Crippen molar-refractivity contribution in [3.05, 3.63) is 93.8 Å². The van der Waals surface area contributed by atoms with Gasteiger partial charge in [-0.3, -0.25) is 9.20 Å². The Morgan fingerprint density at radius 1 is 1.03 bits per heavy atom. The fraction of sp³-hybridized carbons (Fsp3) is 0.217. The summed E-state index contributed by atoms with van der Waals surface area (Å²) in [6, 6.07) is 16.7. The highest BCUT2D eigenvalue weighted by atomic mass is 16.2. The average Bonchev–Trinajstić information content (AvgIpc) is 3.09. The minimum atomic E-state index is -0.231. The molecule has 0 unspecified atom stereocenters. The van der Waals surface area contributed by atoms with Gasteiger partial charge in [-0.25, -0.2) is 14.5 Å². The normalized spacial score (nSPS) is 13.2. The van der Waals surface area contributed by atoms with Crippen molar-refractivity contribution in [3.63, 3.8) is 0 Å². The Labute approximate surface area is 173 Å². The number of hydrogen-bond acceptors (Lipinski definition) is 4. The second kappa shape index (κ2) is 7.59. The molecule has 0 saturated carbocycles. The van der Waals surface area contributed by atoms with Crippen molar-refractivity contribution in [2.75, 3.05) is 5.32 Å². The predicted octanol–water partition coefficient (Wildman–Crippen LogP) is 3.07. The Hall–Kier alpha value is -3.74. The van der Waals surface area contributed by atoms with Gasteiger partial charge >= 0.3 is 5.69 Å². The topological polar surface area (TPSA) is 81.3 Å². The van der Waals surface area contributed by atoms with Crippen molar-refractivity contribution in [1.82, 2.24) is 19.2 Å². The highest BCUT2D eigenvalue weighted by Gasteiger charge is 2.15. The molecule has 3 aromatic heterocycles. The van der Waals surface area contributed by atoms with Crippen LogP contribution in [0.25, 0.3) is 5.65 Å². The SMILES string of the molecule is O=C(Nc1cccc(Cn2nc3ccccn3c2=O)c1)c1ccc2c(n1)CCCC2. The Morgan fingerprint density at radius 3 is 2.83 bits per heavy atom. The molecule has 7 heteroatoms. The van der Waals surface area contributed by atoms with E-state index in [1.807, 2.05) is 36.4 Å². The van der Waals surface area contributed by atoms with Crippen LogP contribution in [0.3, 0.4) is 0 Å². The molecular formula is C23H21N5O2. The van der Waals surface area contributed by atoms with Crippen LogP contribution < -0.4 is 11.0 Å². The number of nitrogens with zero attached hydrogens (tertiary/aromatic N) is 4. The Bertz CT molecular complexity index is 1300. The molecule has 0 fully saturated rings. The molecule has 0 aliphatic heterocycles. The van der Waals surface area contributed by atoms with Gasteiger partial charge in [0, 0.05) is 17.6 Å². The average molecular weight is 399 g/mol. The van der Waals surface area contributed by atoms with Gasteiger partial charge in [-0.05, 0) is 67.1 Å². The van der Waals surface area contributed by atoms with E-state index in [0.717, 1.165) is 30.5 Å². The van der Waals surface area contributed by atoms with E-state index in [2.05, 4.69) is 15.4 Å². The third kappa shape index (κ3) is 3.50. The van der Waals surface area contributed by atoms with Crippen molar-refractivity contribution in [3.8, 4) is 0 Å². The number of carbonyl (C=O) groups is 1. The summed E-state index contributed by atoms with van der Waals surface area (Å²) in [6.45, 7) is 0.321. The van der Waals surface area contributed by atoms with Crippen LogP contribution in [0.1, 0.15) is 40.2 Å². The van der Waals surface area contributed by atoms with Gasteiger partial charge in [-0.1, -0.05) is 24.3 Å². The number of aryl methyl sites for hydroxylation is 2. The maximum absolute atomic E-state index is 12.7. The standard InChI is InChI=1S/C23H21N5O2/c29-22(20-12-11-17-7-1-2-9-19(17)25-20)24-18-8-5-6-16(14-18)15-28-23(30)27-13-4-3-10-21(27)26-28/h3-6,8,10-14H,1-2,7,9,15H2,(H,24,29). The monoisotopic (exact) mass is 399 g/mol. The van der Waals surface area contributed by atoms with E-state index in [9.17, 15) is 9.59 Å². The van der Waals surface area contributed by atoms with E-state index in [1.54, 1.807) is 24.4 Å².